The third kappa shape index (κ3) is 3.00. The molecule has 0 amide bonds. The minimum atomic E-state index is -0.500. The first-order valence-electron chi connectivity index (χ1n) is 5.22. The number of methoxy groups -OCH3 is 1. The van der Waals surface area contributed by atoms with E-state index in [4.69, 9.17) is 34.8 Å². The lowest BCUT2D eigenvalue weighted by molar-refractivity contribution is 0.0594. The molecule has 0 aliphatic heterocycles. The van der Waals surface area contributed by atoms with Gasteiger partial charge in [0.2, 0.25) is 0 Å². The van der Waals surface area contributed by atoms with Crippen LogP contribution in [-0.2, 0) is 4.74 Å². The Morgan fingerprint density at radius 3 is 2.26 bits per heavy atom. The van der Waals surface area contributed by atoms with E-state index < -0.39 is 5.97 Å². The van der Waals surface area contributed by atoms with E-state index in [1.54, 1.807) is 24.3 Å². The van der Waals surface area contributed by atoms with E-state index in [0.29, 0.717) is 26.2 Å². The molecule has 98 valence electrons. The molecule has 0 unspecified atom stereocenters. The number of halogens is 3. The van der Waals surface area contributed by atoms with E-state index in [1.165, 1.54) is 13.3 Å². The van der Waals surface area contributed by atoms with Gasteiger partial charge in [-0.05, 0) is 18.2 Å². The van der Waals surface area contributed by atoms with Gasteiger partial charge in [0.25, 0.3) is 0 Å². The summed E-state index contributed by atoms with van der Waals surface area (Å²) >= 11 is 18.1. The van der Waals surface area contributed by atoms with Gasteiger partial charge in [-0.3, -0.25) is 0 Å². The van der Waals surface area contributed by atoms with Crippen LogP contribution in [0.15, 0.2) is 30.5 Å². The van der Waals surface area contributed by atoms with Gasteiger partial charge in [0.1, 0.15) is 5.69 Å². The molecule has 0 aliphatic carbocycles. The zero-order chi connectivity index (χ0) is 14.0. The van der Waals surface area contributed by atoms with Crippen LogP contribution in [0.1, 0.15) is 10.5 Å². The molecule has 19 heavy (non-hydrogen) atoms. The zero-order valence-corrected chi connectivity index (χ0v) is 12.1. The third-order valence-corrected chi connectivity index (χ3v) is 3.27. The molecule has 1 heterocycles. The van der Waals surface area contributed by atoms with Crippen LogP contribution in [0.3, 0.4) is 0 Å². The molecule has 0 radical (unpaired) electrons. The number of hydrogen-bond acceptors (Lipinski definition) is 3. The van der Waals surface area contributed by atoms with Crippen LogP contribution in [0.25, 0.3) is 11.1 Å². The predicted octanol–water partition coefficient (Wildman–Crippen LogP) is 4.50. The summed E-state index contributed by atoms with van der Waals surface area (Å²) in [6.45, 7) is 0. The summed E-state index contributed by atoms with van der Waals surface area (Å²) in [4.78, 5) is 15.3. The maximum Gasteiger partial charge on any atom is 0.356 e. The summed E-state index contributed by atoms with van der Waals surface area (Å²) in [5.41, 5.74) is 1.53. The van der Waals surface area contributed by atoms with Gasteiger partial charge >= 0.3 is 5.97 Å². The fourth-order valence-electron chi connectivity index (χ4n) is 1.59. The molecule has 1 aromatic carbocycles. The average molecular weight is 317 g/mol. The highest BCUT2D eigenvalue weighted by Gasteiger charge is 2.12. The first-order chi connectivity index (χ1) is 9.02. The highest BCUT2D eigenvalue weighted by molar-refractivity contribution is 6.41. The van der Waals surface area contributed by atoms with Crippen molar-refractivity contribution in [1.29, 1.82) is 0 Å². The maximum absolute atomic E-state index is 11.3. The van der Waals surface area contributed by atoms with E-state index in [9.17, 15) is 4.79 Å². The van der Waals surface area contributed by atoms with Crippen molar-refractivity contribution < 1.29 is 9.53 Å². The number of pyridine rings is 1. The van der Waals surface area contributed by atoms with E-state index in [0.717, 1.165) is 0 Å². The van der Waals surface area contributed by atoms with Gasteiger partial charge in [-0.2, -0.15) is 0 Å². The van der Waals surface area contributed by atoms with Crippen molar-refractivity contribution in [2.24, 2.45) is 0 Å². The summed E-state index contributed by atoms with van der Waals surface area (Å²) in [5.74, 6) is -0.500. The van der Waals surface area contributed by atoms with Crippen LogP contribution in [0.2, 0.25) is 15.1 Å². The van der Waals surface area contributed by atoms with Gasteiger partial charge < -0.3 is 4.74 Å². The van der Waals surface area contributed by atoms with Crippen LogP contribution in [0.5, 0.6) is 0 Å². The van der Waals surface area contributed by atoms with Crippen LogP contribution < -0.4 is 0 Å². The van der Waals surface area contributed by atoms with Crippen LogP contribution in [0.4, 0.5) is 0 Å². The van der Waals surface area contributed by atoms with Crippen molar-refractivity contribution in [2.75, 3.05) is 7.11 Å². The lowest BCUT2D eigenvalue weighted by Gasteiger charge is -2.08. The molecule has 0 N–H and O–H groups in total. The van der Waals surface area contributed by atoms with Gasteiger partial charge in [-0.25, -0.2) is 9.78 Å². The van der Waals surface area contributed by atoms with Crippen LogP contribution in [-0.4, -0.2) is 18.1 Å². The molecule has 0 saturated heterocycles. The van der Waals surface area contributed by atoms with Gasteiger partial charge in [-0.1, -0.05) is 40.9 Å². The van der Waals surface area contributed by atoms with Crippen LogP contribution in [0, 0.1) is 0 Å². The first kappa shape index (κ1) is 14.1. The molecule has 0 bridgehead atoms. The SMILES string of the molecule is COC(=O)c1ccc(-c2c(Cl)cc(Cl)cc2Cl)cn1. The Kier molecular flexibility index (Phi) is 4.30. The summed E-state index contributed by atoms with van der Waals surface area (Å²) in [6.07, 6.45) is 1.51. The van der Waals surface area contributed by atoms with E-state index in [-0.39, 0.29) is 5.69 Å². The number of carbonyl (C=O) groups excluding carboxylic acids is 1. The molecule has 0 aliphatic rings. The molecular weight excluding hydrogens is 309 g/mol. The van der Waals surface area contributed by atoms with Gasteiger partial charge in [0.05, 0.1) is 17.2 Å². The number of esters is 1. The van der Waals surface area contributed by atoms with Crippen molar-refractivity contribution >= 4 is 40.8 Å². The van der Waals surface area contributed by atoms with Gasteiger partial charge in [-0.15, -0.1) is 0 Å². The molecule has 0 saturated carbocycles. The van der Waals surface area contributed by atoms with Crippen molar-refractivity contribution in [3.63, 3.8) is 0 Å². The molecule has 0 fully saturated rings. The van der Waals surface area contributed by atoms with Crippen molar-refractivity contribution in [1.82, 2.24) is 4.98 Å². The van der Waals surface area contributed by atoms with Crippen LogP contribution >= 0.6 is 34.8 Å². The number of rotatable bonds is 2. The van der Waals surface area contributed by atoms with E-state index >= 15 is 0 Å². The highest BCUT2D eigenvalue weighted by atomic mass is 35.5. The quantitative estimate of drug-likeness (QED) is 0.766. The Morgan fingerprint density at radius 1 is 1.16 bits per heavy atom. The second-order valence-electron chi connectivity index (χ2n) is 3.67. The molecule has 6 heteroatoms. The summed E-state index contributed by atoms with van der Waals surface area (Å²) in [5, 5.41) is 1.30. The lowest BCUT2D eigenvalue weighted by Crippen LogP contribution is -2.03. The normalized spacial score (nSPS) is 10.3. The Balaban J connectivity index is 2.46. The number of aromatic nitrogens is 1. The standard InChI is InChI=1S/C13H8Cl3NO2/c1-19-13(18)11-3-2-7(6-17-11)12-9(15)4-8(14)5-10(12)16/h2-6H,1H3. The zero-order valence-electron chi connectivity index (χ0n) is 9.78. The molecule has 0 spiro atoms. The van der Waals surface area contributed by atoms with E-state index in [2.05, 4.69) is 9.72 Å². The molecule has 0 atom stereocenters. The van der Waals surface area contributed by atoms with Crippen molar-refractivity contribution in [2.45, 2.75) is 0 Å². The Bertz CT molecular complexity index is 603. The number of hydrogen-bond donors (Lipinski definition) is 0. The lowest BCUT2D eigenvalue weighted by atomic mass is 10.1. The molecule has 2 rings (SSSR count). The van der Waals surface area contributed by atoms with Gasteiger partial charge in [0.15, 0.2) is 0 Å². The summed E-state index contributed by atoms with van der Waals surface area (Å²) in [6, 6.07) is 6.43. The second-order valence-corrected chi connectivity index (χ2v) is 4.92. The summed E-state index contributed by atoms with van der Waals surface area (Å²) in [7, 11) is 1.30. The topological polar surface area (TPSA) is 39.2 Å². The first-order valence-corrected chi connectivity index (χ1v) is 6.35. The van der Waals surface area contributed by atoms with Crippen molar-refractivity contribution in [3.05, 3.63) is 51.2 Å². The smallest absolute Gasteiger partial charge is 0.356 e. The Labute approximate surface area is 125 Å². The van der Waals surface area contributed by atoms with Crippen molar-refractivity contribution in [3.8, 4) is 11.1 Å². The summed E-state index contributed by atoms with van der Waals surface area (Å²) < 4.78 is 4.57. The minimum absolute atomic E-state index is 0.215. The second kappa shape index (κ2) is 5.78. The Hall–Kier alpha value is -1.29. The third-order valence-electron chi connectivity index (χ3n) is 2.45. The molecule has 3 nitrogen and oxygen atoms in total. The molecular formula is C13H8Cl3NO2. The minimum Gasteiger partial charge on any atom is -0.464 e. The predicted molar refractivity (Wildman–Crippen MR) is 76.0 cm³/mol. The number of ether oxygens (including phenoxy) is 1. The molecule has 2 aromatic rings. The number of benzene rings is 1. The Morgan fingerprint density at radius 2 is 1.79 bits per heavy atom. The number of nitrogens with zero attached hydrogens (tertiary/aromatic N) is 1. The molecule has 1 aromatic heterocycles. The maximum atomic E-state index is 11.3. The fraction of sp³-hybridized carbons (Fsp3) is 0.0769. The average Bonchev–Trinajstić information content (AvgIpc) is 2.37. The monoisotopic (exact) mass is 315 g/mol. The van der Waals surface area contributed by atoms with Gasteiger partial charge in [0, 0.05) is 22.3 Å². The number of carbonyl (C=O) groups is 1. The largest absolute Gasteiger partial charge is 0.464 e. The fourth-order valence-corrected chi connectivity index (χ4v) is 2.62. The highest BCUT2D eigenvalue weighted by Crippen LogP contribution is 2.36. The van der Waals surface area contributed by atoms with E-state index in [1.807, 2.05) is 0 Å².